The van der Waals surface area contributed by atoms with Crippen molar-refractivity contribution in [2.45, 2.75) is 84.2 Å². The molecule has 2 nitrogen and oxygen atoms in total. The Morgan fingerprint density at radius 1 is 1.00 bits per heavy atom. The highest BCUT2D eigenvalue weighted by molar-refractivity contribution is 5.32. The Balaban J connectivity index is 2.03. The fourth-order valence-electron chi connectivity index (χ4n) is 2.59. The average molecular weight is 310 g/mol. The number of rotatable bonds is 12. The number of phenolic OH excluding ortho intramolecular Hbond substituents is 1. The van der Waals surface area contributed by atoms with Gasteiger partial charge in [0.15, 0.2) is 11.6 Å². The van der Waals surface area contributed by atoms with E-state index in [0.29, 0.717) is 5.75 Å². The lowest BCUT2D eigenvalue weighted by molar-refractivity contribution is 0.205. The molecule has 0 saturated heterocycles. The minimum Gasteiger partial charge on any atom is -0.505 e. The molecule has 0 aromatic heterocycles. The molecule has 1 unspecified atom stereocenters. The van der Waals surface area contributed by atoms with Crippen LogP contribution in [0.5, 0.6) is 11.5 Å². The fraction of sp³-hybridized carbons (Fsp3) is 0.684. The van der Waals surface area contributed by atoms with Gasteiger partial charge in [0.2, 0.25) is 0 Å². The van der Waals surface area contributed by atoms with E-state index in [1.165, 1.54) is 63.5 Å². The summed E-state index contributed by atoms with van der Waals surface area (Å²) < 4.78 is 18.9. The van der Waals surface area contributed by atoms with E-state index in [0.717, 1.165) is 12.8 Å². The lowest BCUT2D eigenvalue weighted by Gasteiger charge is -2.14. The normalized spacial score (nSPS) is 12.3. The largest absolute Gasteiger partial charge is 0.505 e. The van der Waals surface area contributed by atoms with Crippen LogP contribution in [0, 0.1) is 5.82 Å². The van der Waals surface area contributed by atoms with E-state index in [4.69, 9.17) is 9.84 Å². The van der Waals surface area contributed by atoms with Gasteiger partial charge in [0.1, 0.15) is 5.75 Å². The maximum absolute atomic E-state index is 13.2. The summed E-state index contributed by atoms with van der Waals surface area (Å²) in [6.07, 6.45) is 12.9. The average Bonchev–Trinajstić information content (AvgIpc) is 2.49. The molecule has 22 heavy (non-hydrogen) atoms. The third-order valence-corrected chi connectivity index (χ3v) is 3.97. The highest BCUT2D eigenvalue weighted by atomic mass is 19.1. The molecule has 1 N–H and O–H groups in total. The Morgan fingerprint density at radius 2 is 1.59 bits per heavy atom. The second-order valence-corrected chi connectivity index (χ2v) is 6.16. The minimum atomic E-state index is -0.632. The van der Waals surface area contributed by atoms with Crippen LogP contribution >= 0.6 is 0 Å². The molecule has 0 saturated carbocycles. The van der Waals surface area contributed by atoms with Crippen molar-refractivity contribution in [3.8, 4) is 11.5 Å². The third-order valence-electron chi connectivity index (χ3n) is 3.97. The Hall–Kier alpha value is -1.25. The van der Waals surface area contributed by atoms with Crippen molar-refractivity contribution in [2.75, 3.05) is 0 Å². The Labute approximate surface area is 134 Å². The van der Waals surface area contributed by atoms with E-state index < -0.39 is 5.82 Å². The molecular weight excluding hydrogens is 279 g/mol. The van der Waals surface area contributed by atoms with Gasteiger partial charge in [-0.15, -0.1) is 0 Å². The quantitative estimate of drug-likeness (QED) is 0.464. The van der Waals surface area contributed by atoms with Crippen LogP contribution in [0.2, 0.25) is 0 Å². The van der Waals surface area contributed by atoms with Crippen LogP contribution in [0.4, 0.5) is 4.39 Å². The zero-order chi connectivity index (χ0) is 16.2. The highest BCUT2D eigenvalue weighted by Crippen LogP contribution is 2.23. The van der Waals surface area contributed by atoms with Gasteiger partial charge in [0.25, 0.3) is 0 Å². The van der Waals surface area contributed by atoms with Gasteiger partial charge in [0.05, 0.1) is 6.10 Å². The molecular formula is C19H31FO2. The van der Waals surface area contributed by atoms with Gasteiger partial charge in [-0.25, -0.2) is 4.39 Å². The first-order valence-corrected chi connectivity index (χ1v) is 8.78. The molecule has 0 radical (unpaired) electrons. The van der Waals surface area contributed by atoms with Gasteiger partial charge in [-0.1, -0.05) is 58.3 Å². The van der Waals surface area contributed by atoms with E-state index in [-0.39, 0.29) is 11.9 Å². The van der Waals surface area contributed by atoms with Crippen molar-refractivity contribution >= 4 is 0 Å². The topological polar surface area (TPSA) is 29.5 Å². The molecule has 3 heteroatoms. The van der Waals surface area contributed by atoms with Crippen molar-refractivity contribution in [1.82, 2.24) is 0 Å². The van der Waals surface area contributed by atoms with E-state index in [1.807, 2.05) is 6.92 Å². The standard InChI is InChI=1S/C19H31FO2/c1-3-4-5-6-7-8-9-10-11-12-16(2)22-17-13-14-19(21)18(20)15-17/h13-16,21H,3-12H2,1-2H3. The smallest absolute Gasteiger partial charge is 0.168 e. The first kappa shape index (κ1) is 18.8. The number of ether oxygens (including phenoxy) is 1. The van der Waals surface area contributed by atoms with Crippen molar-refractivity contribution in [2.24, 2.45) is 0 Å². The monoisotopic (exact) mass is 310 g/mol. The summed E-state index contributed by atoms with van der Waals surface area (Å²) in [6, 6.07) is 4.17. The summed E-state index contributed by atoms with van der Waals surface area (Å²) >= 11 is 0. The SMILES string of the molecule is CCCCCCCCCCCC(C)Oc1ccc(O)c(F)c1. The van der Waals surface area contributed by atoms with Crippen molar-refractivity contribution in [3.63, 3.8) is 0 Å². The molecule has 1 rings (SSSR count). The van der Waals surface area contributed by atoms with Crippen molar-refractivity contribution in [3.05, 3.63) is 24.0 Å². The third kappa shape index (κ3) is 8.26. The summed E-state index contributed by atoms with van der Waals surface area (Å²) in [7, 11) is 0. The zero-order valence-corrected chi connectivity index (χ0v) is 14.1. The number of unbranched alkanes of at least 4 members (excludes halogenated alkanes) is 8. The van der Waals surface area contributed by atoms with Gasteiger partial charge in [-0.3, -0.25) is 0 Å². The fourth-order valence-corrected chi connectivity index (χ4v) is 2.59. The maximum atomic E-state index is 13.2. The van der Waals surface area contributed by atoms with Crippen molar-refractivity contribution < 1.29 is 14.2 Å². The predicted molar refractivity (Wildman–Crippen MR) is 90.0 cm³/mol. The molecule has 0 heterocycles. The van der Waals surface area contributed by atoms with Crippen LogP contribution < -0.4 is 4.74 Å². The molecule has 0 bridgehead atoms. The summed E-state index contributed by atoms with van der Waals surface area (Å²) in [5.41, 5.74) is 0. The summed E-state index contributed by atoms with van der Waals surface area (Å²) in [5, 5.41) is 9.14. The molecule has 126 valence electrons. The molecule has 0 aliphatic carbocycles. The van der Waals surface area contributed by atoms with Crippen LogP contribution in [0.15, 0.2) is 18.2 Å². The molecule has 1 atom stereocenters. The first-order valence-electron chi connectivity index (χ1n) is 8.78. The predicted octanol–water partition coefficient (Wildman–Crippen LogP) is 6.22. The molecule has 0 amide bonds. The minimum absolute atomic E-state index is 0.0773. The second-order valence-electron chi connectivity index (χ2n) is 6.16. The van der Waals surface area contributed by atoms with Crippen molar-refractivity contribution in [1.29, 1.82) is 0 Å². The van der Waals surface area contributed by atoms with E-state index in [9.17, 15) is 4.39 Å². The molecule has 1 aromatic carbocycles. The van der Waals surface area contributed by atoms with Crippen LogP contribution in [-0.4, -0.2) is 11.2 Å². The van der Waals surface area contributed by atoms with Gasteiger partial charge in [-0.05, 0) is 31.9 Å². The zero-order valence-electron chi connectivity index (χ0n) is 14.1. The Bertz CT molecular complexity index is 406. The van der Waals surface area contributed by atoms with Crippen LogP contribution in [0.1, 0.15) is 78.1 Å². The molecule has 0 aliphatic rings. The summed E-state index contributed by atoms with van der Waals surface area (Å²) in [5.74, 6) is -0.481. The van der Waals surface area contributed by atoms with Crippen LogP contribution in [0.25, 0.3) is 0 Å². The van der Waals surface area contributed by atoms with Gasteiger partial charge < -0.3 is 9.84 Å². The number of phenols is 1. The van der Waals surface area contributed by atoms with Gasteiger partial charge >= 0.3 is 0 Å². The molecule has 1 aromatic rings. The lowest BCUT2D eigenvalue weighted by Crippen LogP contribution is -2.11. The summed E-state index contributed by atoms with van der Waals surface area (Å²) in [6.45, 7) is 4.26. The highest BCUT2D eigenvalue weighted by Gasteiger charge is 2.07. The van der Waals surface area contributed by atoms with E-state index >= 15 is 0 Å². The number of hydrogen-bond donors (Lipinski definition) is 1. The maximum Gasteiger partial charge on any atom is 0.168 e. The van der Waals surface area contributed by atoms with E-state index in [1.54, 1.807) is 6.07 Å². The van der Waals surface area contributed by atoms with Crippen LogP contribution in [0.3, 0.4) is 0 Å². The molecule has 0 spiro atoms. The Morgan fingerprint density at radius 3 is 2.18 bits per heavy atom. The van der Waals surface area contributed by atoms with Gasteiger partial charge in [-0.2, -0.15) is 0 Å². The van der Waals surface area contributed by atoms with Crippen LogP contribution in [-0.2, 0) is 0 Å². The number of aromatic hydroxyl groups is 1. The van der Waals surface area contributed by atoms with E-state index in [2.05, 4.69) is 6.92 Å². The van der Waals surface area contributed by atoms with Gasteiger partial charge in [0, 0.05) is 6.07 Å². The second kappa shape index (κ2) is 11.3. The number of hydrogen-bond acceptors (Lipinski definition) is 2. The Kier molecular flexibility index (Phi) is 9.69. The number of halogens is 1. The molecule has 0 fully saturated rings. The number of benzene rings is 1. The summed E-state index contributed by atoms with van der Waals surface area (Å²) in [4.78, 5) is 0. The lowest BCUT2D eigenvalue weighted by atomic mass is 10.1. The first-order chi connectivity index (χ1) is 10.6. The molecule has 0 aliphatic heterocycles.